The van der Waals surface area contributed by atoms with Crippen molar-refractivity contribution in [3.05, 3.63) is 71.8 Å². The van der Waals surface area contributed by atoms with Gasteiger partial charge in [0.2, 0.25) is 0 Å². The third kappa shape index (κ3) is 2.37. The van der Waals surface area contributed by atoms with Crippen LogP contribution in [-0.2, 0) is 0 Å². The van der Waals surface area contributed by atoms with E-state index in [1.807, 2.05) is 0 Å². The summed E-state index contributed by atoms with van der Waals surface area (Å²) in [5.74, 6) is 0.727. The summed E-state index contributed by atoms with van der Waals surface area (Å²) in [7, 11) is 0. The molecule has 0 unspecified atom stereocenters. The first kappa shape index (κ1) is 14.0. The molecule has 0 aromatic heterocycles. The second-order valence-corrected chi connectivity index (χ2v) is 6.65. The Balaban J connectivity index is 1.78. The number of nitrogens with zero attached hydrogens (tertiary/aromatic N) is 1. The Morgan fingerprint density at radius 3 is 1.77 bits per heavy atom. The third-order valence-corrected chi connectivity index (χ3v) is 5.49. The predicted molar refractivity (Wildman–Crippen MR) is 88.8 cm³/mol. The van der Waals surface area contributed by atoms with Crippen molar-refractivity contribution < 1.29 is 5.11 Å². The van der Waals surface area contributed by atoms with Crippen molar-refractivity contribution in [1.82, 2.24) is 4.90 Å². The molecule has 5 rings (SSSR count). The monoisotopic (exact) mass is 293 g/mol. The van der Waals surface area contributed by atoms with Crippen LogP contribution in [0, 0.1) is 5.92 Å². The van der Waals surface area contributed by atoms with Gasteiger partial charge in [0.15, 0.2) is 0 Å². The van der Waals surface area contributed by atoms with Crippen molar-refractivity contribution in [1.29, 1.82) is 0 Å². The smallest absolute Gasteiger partial charge is 0.0733 e. The van der Waals surface area contributed by atoms with Crippen LogP contribution in [0.25, 0.3) is 0 Å². The van der Waals surface area contributed by atoms with Crippen LogP contribution in [0.5, 0.6) is 0 Å². The molecule has 1 N–H and O–H groups in total. The molecule has 0 radical (unpaired) electrons. The van der Waals surface area contributed by atoms with E-state index in [9.17, 15) is 5.11 Å². The number of aliphatic hydroxyl groups excluding tert-OH is 1. The van der Waals surface area contributed by atoms with E-state index < -0.39 is 0 Å². The fourth-order valence-corrected chi connectivity index (χ4v) is 4.37. The maximum absolute atomic E-state index is 10.9. The molecule has 3 aliphatic rings. The molecule has 0 amide bonds. The highest BCUT2D eigenvalue weighted by Gasteiger charge is 2.45. The second kappa shape index (κ2) is 5.86. The van der Waals surface area contributed by atoms with E-state index in [0.717, 1.165) is 25.9 Å². The van der Waals surface area contributed by atoms with Gasteiger partial charge in [0.1, 0.15) is 0 Å². The summed E-state index contributed by atoms with van der Waals surface area (Å²) < 4.78 is 0. The largest absolute Gasteiger partial charge is 0.391 e. The Morgan fingerprint density at radius 2 is 1.32 bits per heavy atom. The first-order valence-corrected chi connectivity index (χ1v) is 8.36. The number of hydrogen-bond donors (Lipinski definition) is 1. The molecule has 2 heteroatoms. The summed E-state index contributed by atoms with van der Waals surface area (Å²) in [5.41, 5.74) is 2.62. The molecule has 3 fully saturated rings. The topological polar surface area (TPSA) is 23.5 Å². The summed E-state index contributed by atoms with van der Waals surface area (Å²) >= 11 is 0. The van der Waals surface area contributed by atoms with E-state index in [-0.39, 0.29) is 18.1 Å². The van der Waals surface area contributed by atoms with E-state index in [0.29, 0.717) is 5.92 Å². The third-order valence-electron chi connectivity index (χ3n) is 5.49. The zero-order valence-corrected chi connectivity index (χ0v) is 12.8. The quantitative estimate of drug-likeness (QED) is 0.939. The van der Waals surface area contributed by atoms with Gasteiger partial charge in [0.25, 0.3) is 0 Å². The normalized spacial score (nSPS) is 30.6. The molecule has 22 heavy (non-hydrogen) atoms. The van der Waals surface area contributed by atoms with Gasteiger partial charge in [-0.2, -0.15) is 0 Å². The van der Waals surface area contributed by atoms with Gasteiger partial charge in [-0.3, -0.25) is 4.90 Å². The number of hydrogen-bond acceptors (Lipinski definition) is 2. The van der Waals surface area contributed by atoms with Gasteiger partial charge in [-0.1, -0.05) is 60.7 Å². The van der Waals surface area contributed by atoms with Crippen molar-refractivity contribution in [3.8, 4) is 0 Å². The molecule has 3 heterocycles. The number of aliphatic hydroxyl groups is 1. The lowest BCUT2D eigenvalue weighted by Crippen LogP contribution is -2.60. The van der Waals surface area contributed by atoms with E-state index in [4.69, 9.17) is 0 Å². The van der Waals surface area contributed by atoms with Crippen LogP contribution in [0.15, 0.2) is 60.7 Å². The molecule has 2 aromatic carbocycles. The molecule has 2 aromatic rings. The van der Waals surface area contributed by atoms with Gasteiger partial charge in [-0.05, 0) is 43.0 Å². The minimum absolute atomic E-state index is 0.206. The Labute approximate surface area is 132 Å². The highest BCUT2D eigenvalue weighted by molar-refractivity contribution is 5.35. The first-order chi connectivity index (χ1) is 10.8. The van der Waals surface area contributed by atoms with Gasteiger partial charge in [-0.15, -0.1) is 0 Å². The highest BCUT2D eigenvalue weighted by atomic mass is 16.3. The fourth-order valence-electron chi connectivity index (χ4n) is 4.37. The average molecular weight is 293 g/mol. The van der Waals surface area contributed by atoms with Crippen molar-refractivity contribution in [2.24, 2.45) is 5.92 Å². The number of fused-ring (bicyclic) bond motifs is 3. The van der Waals surface area contributed by atoms with Crippen LogP contribution < -0.4 is 0 Å². The van der Waals surface area contributed by atoms with E-state index in [1.54, 1.807) is 0 Å². The summed E-state index contributed by atoms with van der Waals surface area (Å²) in [6.07, 6.45) is 2.08. The number of piperidine rings is 3. The molecule has 3 aliphatic heterocycles. The molecular formula is C20H23NO. The van der Waals surface area contributed by atoms with Crippen LogP contribution in [0.2, 0.25) is 0 Å². The summed E-state index contributed by atoms with van der Waals surface area (Å²) in [6.45, 7) is 2.26. The van der Waals surface area contributed by atoms with E-state index in [2.05, 4.69) is 65.6 Å². The van der Waals surface area contributed by atoms with E-state index >= 15 is 0 Å². The van der Waals surface area contributed by atoms with Gasteiger partial charge >= 0.3 is 0 Å². The first-order valence-electron chi connectivity index (χ1n) is 8.36. The van der Waals surface area contributed by atoms with Crippen molar-refractivity contribution in [2.75, 3.05) is 13.1 Å². The van der Waals surface area contributed by atoms with Gasteiger partial charge in [0, 0.05) is 12.0 Å². The van der Waals surface area contributed by atoms with Gasteiger partial charge < -0.3 is 5.11 Å². The lowest BCUT2D eigenvalue weighted by atomic mass is 9.72. The molecule has 2 atom stereocenters. The molecule has 2 bridgehead atoms. The van der Waals surface area contributed by atoms with Crippen molar-refractivity contribution >= 4 is 0 Å². The Bertz CT molecular complexity index is 563. The highest BCUT2D eigenvalue weighted by Crippen LogP contribution is 2.41. The average Bonchev–Trinajstić information content (AvgIpc) is 2.60. The second-order valence-electron chi connectivity index (χ2n) is 6.65. The van der Waals surface area contributed by atoms with Crippen LogP contribution in [0.3, 0.4) is 0 Å². The SMILES string of the molecule is O[C@@H]1C2CCN(CC2)[C@H]1C(c1ccccc1)c1ccccc1. The Kier molecular flexibility index (Phi) is 3.73. The number of rotatable bonds is 3. The van der Waals surface area contributed by atoms with Crippen molar-refractivity contribution in [3.63, 3.8) is 0 Å². The molecular weight excluding hydrogens is 270 g/mol. The lowest BCUT2D eigenvalue weighted by molar-refractivity contribution is -0.0775. The Morgan fingerprint density at radius 1 is 0.818 bits per heavy atom. The molecule has 3 saturated heterocycles. The molecule has 114 valence electrons. The van der Waals surface area contributed by atoms with Gasteiger partial charge in [-0.25, -0.2) is 0 Å². The minimum atomic E-state index is -0.215. The standard InChI is InChI=1S/C20H23NO/c22-20-17-11-13-21(14-12-17)19(20)18(15-7-3-1-4-8-15)16-9-5-2-6-10-16/h1-10,17-20,22H,11-14H2/t19-,20+/m0/s1. The molecule has 2 nitrogen and oxygen atoms in total. The Hall–Kier alpha value is -1.64. The fraction of sp³-hybridized carbons (Fsp3) is 0.400. The molecule has 0 saturated carbocycles. The zero-order chi connectivity index (χ0) is 14.9. The van der Waals surface area contributed by atoms with Crippen molar-refractivity contribution in [2.45, 2.75) is 30.9 Å². The van der Waals surface area contributed by atoms with Gasteiger partial charge in [0.05, 0.1) is 6.10 Å². The minimum Gasteiger partial charge on any atom is -0.391 e. The zero-order valence-electron chi connectivity index (χ0n) is 12.8. The lowest BCUT2D eigenvalue weighted by Gasteiger charge is -2.51. The maximum atomic E-state index is 10.9. The van der Waals surface area contributed by atoms with Crippen LogP contribution >= 0.6 is 0 Å². The summed E-state index contributed by atoms with van der Waals surface area (Å²) in [5, 5.41) is 10.9. The van der Waals surface area contributed by atoms with E-state index in [1.165, 1.54) is 11.1 Å². The van der Waals surface area contributed by atoms with Crippen LogP contribution in [0.1, 0.15) is 29.9 Å². The predicted octanol–water partition coefficient (Wildman–Crippen LogP) is 3.27. The molecule has 0 aliphatic carbocycles. The number of benzene rings is 2. The molecule has 0 spiro atoms. The summed E-state index contributed by atoms with van der Waals surface area (Å²) in [4.78, 5) is 2.51. The van der Waals surface area contributed by atoms with Crippen LogP contribution in [0.4, 0.5) is 0 Å². The summed E-state index contributed by atoms with van der Waals surface area (Å²) in [6, 6.07) is 21.6. The maximum Gasteiger partial charge on any atom is 0.0733 e. The van der Waals surface area contributed by atoms with Crippen LogP contribution in [-0.4, -0.2) is 35.2 Å².